The Bertz CT molecular complexity index is 860. The Balaban J connectivity index is 1.87. The first-order valence-electron chi connectivity index (χ1n) is 9.28. The number of aliphatic carboxylic acids is 1. The molecule has 3 rings (SSSR count). The first-order chi connectivity index (χ1) is 13.4. The van der Waals surface area contributed by atoms with E-state index in [1.165, 1.54) is 0 Å². The second kappa shape index (κ2) is 8.44. The minimum Gasteiger partial charge on any atom is -0.497 e. The van der Waals surface area contributed by atoms with Gasteiger partial charge in [-0.1, -0.05) is 24.3 Å². The quantitative estimate of drug-likeness (QED) is 0.766. The van der Waals surface area contributed by atoms with Crippen LogP contribution in [-0.2, 0) is 15.1 Å². The zero-order valence-corrected chi connectivity index (χ0v) is 16.1. The molecule has 28 heavy (non-hydrogen) atoms. The van der Waals surface area contributed by atoms with Crippen molar-refractivity contribution in [2.75, 3.05) is 20.3 Å². The molecule has 148 valence electrons. The van der Waals surface area contributed by atoms with Gasteiger partial charge in [-0.2, -0.15) is 0 Å². The maximum absolute atomic E-state index is 13.0. The number of rotatable bonds is 7. The van der Waals surface area contributed by atoms with Crippen LogP contribution < -0.4 is 10.1 Å². The van der Waals surface area contributed by atoms with Gasteiger partial charge in [-0.3, -0.25) is 9.59 Å². The summed E-state index contributed by atoms with van der Waals surface area (Å²) in [6, 6.07) is 14.5. The van der Waals surface area contributed by atoms with Crippen LogP contribution in [0.25, 0.3) is 0 Å². The van der Waals surface area contributed by atoms with Crippen molar-refractivity contribution in [3.8, 4) is 5.75 Å². The summed E-state index contributed by atoms with van der Waals surface area (Å²) in [5, 5.41) is 12.3. The van der Waals surface area contributed by atoms with Crippen LogP contribution in [0.15, 0.2) is 48.5 Å². The molecule has 6 nitrogen and oxygen atoms in total. The van der Waals surface area contributed by atoms with E-state index in [9.17, 15) is 14.7 Å². The van der Waals surface area contributed by atoms with Gasteiger partial charge in [-0.15, -0.1) is 0 Å². The first-order valence-corrected chi connectivity index (χ1v) is 9.28. The standard InChI is InChI=1S/C22H25NO5/c1-22(13-20(24)25,18-7-4-8-19(12-18)27-2)23-21(26)16-6-3-5-15(11-16)17-9-10-28-14-17/h3-8,11-12,17H,9-10,13-14H2,1-2H3,(H,23,26)(H,24,25). The van der Waals surface area contributed by atoms with Crippen LogP contribution in [0.4, 0.5) is 0 Å². The van der Waals surface area contributed by atoms with Crippen molar-refractivity contribution in [2.45, 2.75) is 31.2 Å². The Kier molecular flexibility index (Phi) is 5.99. The number of hydrogen-bond donors (Lipinski definition) is 2. The summed E-state index contributed by atoms with van der Waals surface area (Å²) in [6.07, 6.45) is 0.688. The Hall–Kier alpha value is -2.86. The van der Waals surface area contributed by atoms with E-state index in [4.69, 9.17) is 9.47 Å². The maximum atomic E-state index is 13.0. The zero-order chi connectivity index (χ0) is 20.1. The molecule has 1 saturated heterocycles. The molecule has 0 spiro atoms. The normalized spacial score (nSPS) is 18.3. The molecule has 1 aliphatic heterocycles. The molecule has 0 bridgehead atoms. The SMILES string of the molecule is COc1cccc(C(C)(CC(=O)O)NC(=O)c2cccc(C3CCOC3)c2)c1. The first kappa shape index (κ1) is 19.9. The number of nitrogens with one attached hydrogen (secondary N) is 1. The van der Waals surface area contributed by atoms with Gasteiger partial charge >= 0.3 is 5.97 Å². The van der Waals surface area contributed by atoms with E-state index in [-0.39, 0.29) is 18.2 Å². The minimum absolute atomic E-state index is 0.248. The lowest BCUT2D eigenvalue weighted by Crippen LogP contribution is -2.45. The molecule has 0 radical (unpaired) electrons. The summed E-state index contributed by atoms with van der Waals surface area (Å²) in [4.78, 5) is 24.5. The van der Waals surface area contributed by atoms with Gasteiger partial charge in [-0.25, -0.2) is 0 Å². The highest BCUT2D eigenvalue weighted by Gasteiger charge is 2.32. The summed E-state index contributed by atoms with van der Waals surface area (Å²) >= 11 is 0. The zero-order valence-electron chi connectivity index (χ0n) is 16.1. The van der Waals surface area contributed by atoms with Crippen molar-refractivity contribution < 1.29 is 24.2 Å². The molecule has 1 amide bonds. The third kappa shape index (κ3) is 4.51. The number of ether oxygens (including phenoxy) is 2. The molecule has 1 heterocycles. The van der Waals surface area contributed by atoms with Crippen molar-refractivity contribution in [1.82, 2.24) is 5.32 Å². The molecule has 0 saturated carbocycles. The molecule has 1 aliphatic rings. The van der Waals surface area contributed by atoms with E-state index >= 15 is 0 Å². The maximum Gasteiger partial charge on any atom is 0.306 e. The predicted molar refractivity (Wildman–Crippen MR) is 105 cm³/mol. The fraction of sp³-hybridized carbons (Fsp3) is 0.364. The average molecular weight is 383 g/mol. The predicted octanol–water partition coefficient (Wildman–Crippen LogP) is 3.32. The summed E-state index contributed by atoms with van der Waals surface area (Å²) < 4.78 is 10.7. The second-order valence-electron chi connectivity index (χ2n) is 7.27. The number of carboxylic acids is 1. The van der Waals surface area contributed by atoms with Crippen LogP contribution >= 0.6 is 0 Å². The topological polar surface area (TPSA) is 84.9 Å². The van der Waals surface area contributed by atoms with Crippen LogP contribution in [0.5, 0.6) is 5.75 Å². The number of amides is 1. The monoisotopic (exact) mass is 383 g/mol. The molecule has 2 N–H and O–H groups in total. The van der Waals surface area contributed by atoms with E-state index in [2.05, 4.69) is 5.32 Å². The number of carbonyl (C=O) groups excluding carboxylic acids is 1. The largest absolute Gasteiger partial charge is 0.497 e. The van der Waals surface area contributed by atoms with Crippen molar-refractivity contribution >= 4 is 11.9 Å². The number of carboxylic acid groups (broad SMARTS) is 1. The molecule has 0 aliphatic carbocycles. The molecular formula is C22H25NO5. The number of methoxy groups -OCH3 is 1. The number of benzene rings is 2. The summed E-state index contributed by atoms with van der Waals surface area (Å²) in [7, 11) is 1.55. The van der Waals surface area contributed by atoms with Gasteiger partial charge < -0.3 is 19.9 Å². The molecule has 2 atom stereocenters. The number of hydrogen-bond acceptors (Lipinski definition) is 4. The highest BCUT2D eigenvalue weighted by atomic mass is 16.5. The lowest BCUT2D eigenvalue weighted by molar-refractivity contribution is -0.138. The van der Waals surface area contributed by atoms with Gasteiger partial charge in [0.25, 0.3) is 5.91 Å². The Morgan fingerprint density at radius 2 is 2.04 bits per heavy atom. The van der Waals surface area contributed by atoms with E-state index in [1.807, 2.05) is 18.2 Å². The van der Waals surface area contributed by atoms with Crippen molar-refractivity contribution in [2.24, 2.45) is 0 Å². The fourth-order valence-electron chi connectivity index (χ4n) is 3.54. The molecular weight excluding hydrogens is 358 g/mol. The summed E-state index contributed by atoms with van der Waals surface area (Å²) in [5.74, 6) is -0.419. The van der Waals surface area contributed by atoms with E-state index in [1.54, 1.807) is 44.4 Å². The highest BCUT2D eigenvalue weighted by molar-refractivity contribution is 5.95. The van der Waals surface area contributed by atoms with Crippen molar-refractivity contribution in [1.29, 1.82) is 0 Å². The van der Waals surface area contributed by atoms with E-state index in [0.717, 1.165) is 18.6 Å². The Morgan fingerprint density at radius 3 is 2.71 bits per heavy atom. The molecule has 2 aromatic rings. The highest BCUT2D eigenvalue weighted by Crippen LogP contribution is 2.29. The Labute approximate surface area is 164 Å². The van der Waals surface area contributed by atoms with Crippen molar-refractivity contribution in [3.63, 3.8) is 0 Å². The van der Waals surface area contributed by atoms with Crippen LogP contribution in [0.2, 0.25) is 0 Å². The van der Waals surface area contributed by atoms with Gasteiger partial charge in [0.2, 0.25) is 0 Å². The summed E-state index contributed by atoms with van der Waals surface area (Å²) in [6.45, 7) is 3.10. The van der Waals surface area contributed by atoms with Gasteiger partial charge in [-0.05, 0) is 48.7 Å². The Morgan fingerprint density at radius 1 is 1.25 bits per heavy atom. The summed E-state index contributed by atoms with van der Waals surface area (Å²) in [5.41, 5.74) is 1.16. The molecule has 0 aromatic heterocycles. The number of carbonyl (C=O) groups is 2. The smallest absolute Gasteiger partial charge is 0.306 e. The average Bonchev–Trinajstić information content (AvgIpc) is 3.22. The second-order valence-corrected chi connectivity index (χ2v) is 7.27. The van der Waals surface area contributed by atoms with Gasteiger partial charge in [0.15, 0.2) is 0 Å². The van der Waals surface area contributed by atoms with Crippen molar-refractivity contribution in [3.05, 3.63) is 65.2 Å². The lowest BCUT2D eigenvalue weighted by atomic mass is 9.87. The fourth-order valence-corrected chi connectivity index (χ4v) is 3.54. The molecule has 2 unspecified atom stereocenters. The van der Waals surface area contributed by atoms with E-state index in [0.29, 0.717) is 23.5 Å². The minimum atomic E-state index is -1.08. The molecule has 6 heteroatoms. The third-order valence-electron chi connectivity index (χ3n) is 5.15. The van der Waals surface area contributed by atoms with Gasteiger partial charge in [0.05, 0.1) is 25.7 Å². The van der Waals surface area contributed by atoms with Crippen LogP contribution in [0.1, 0.15) is 47.2 Å². The molecule has 2 aromatic carbocycles. The van der Waals surface area contributed by atoms with Gasteiger partial charge in [0.1, 0.15) is 5.75 Å². The molecule has 1 fully saturated rings. The van der Waals surface area contributed by atoms with Gasteiger partial charge in [0, 0.05) is 18.1 Å². The third-order valence-corrected chi connectivity index (χ3v) is 5.15. The van der Waals surface area contributed by atoms with E-state index < -0.39 is 11.5 Å². The lowest BCUT2D eigenvalue weighted by Gasteiger charge is -2.30. The van der Waals surface area contributed by atoms with Crippen LogP contribution in [0, 0.1) is 0 Å². The van der Waals surface area contributed by atoms with Crippen LogP contribution in [0.3, 0.4) is 0 Å². The van der Waals surface area contributed by atoms with Crippen LogP contribution in [-0.4, -0.2) is 37.3 Å².